The highest BCUT2D eigenvalue weighted by Crippen LogP contribution is 2.19. The van der Waals surface area contributed by atoms with Crippen LogP contribution < -0.4 is 0 Å². The highest BCUT2D eigenvalue weighted by atomic mass is 32.1. The van der Waals surface area contributed by atoms with Crippen LogP contribution in [0, 0.1) is 4.77 Å². The molecule has 0 atom stereocenters. The molecule has 0 saturated carbocycles. The van der Waals surface area contributed by atoms with Crippen LogP contribution in [0.1, 0.15) is 25.1 Å². The molecule has 1 saturated heterocycles. The predicted molar refractivity (Wildman–Crippen MR) is 111 cm³/mol. The van der Waals surface area contributed by atoms with E-state index >= 15 is 0 Å². The number of aryl methyl sites for hydroxylation is 1. The lowest BCUT2D eigenvalue weighted by molar-refractivity contribution is -0.133. The zero-order valence-electron chi connectivity index (χ0n) is 16.2. The van der Waals surface area contributed by atoms with Crippen molar-refractivity contribution in [3.05, 3.63) is 33.3 Å². The average Bonchev–Trinajstić information content (AvgIpc) is 3.47. The van der Waals surface area contributed by atoms with Crippen LogP contribution in [0.15, 0.2) is 21.3 Å². The van der Waals surface area contributed by atoms with Crippen LogP contribution in [0.25, 0.3) is 11.4 Å². The maximum Gasteiger partial charge on any atom is 0.242 e. The number of hydrogen-bond donors (Lipinski definition) is 1. The van der Waals surface area contributed by atoms with Crippen LogP contribution in [0.4, 0.5) is 0 Å². The Labute approximate surface area is 177 Å². The quantitative estimate of drug-likeness (QED) is 0.571. The number of rotatable bonds is 7. The maximum atomic E-state index is 12.7. The number of aromatic amines is 1. The molecule has 4 rings (SSSR count). The summed E-state index contributed by atoms with van der Waals surface area (Å²) in [5, 5.41) is 15.1. The lowest BCUT2D eigenvalue weighted by Gasteiger charge is -2.34. The fraction of sp³-hybridized carbons (Fsp3) is 0.500. The van der Waals surface area contributed by atoms with Crippen molar-refractivity contribution in [3.8, 4) is 11.4 Å². The summed E-state index contributed by atoms with van der Waals surface area (Å²) in [5.41, 5.74) is 0.973. The third-order valence-corrected chi connectivity index (χ3v) is 5.93. The molecular formula is C18H23N7O2S2. The lowest BCUT2D eigenvalue weighted by Crippen LogP contribution is -2.49. The van der Waals surface area contributed by atoms with E-state index in [2.05, 4.69) is 32.2 Å². The van der Waals surface area contributed by atoms with E-state index in [1.54, 1.807) is 15.9 Å². The van der Waals surface area contributed by atoms with Gasteiger partial charge < -0.3 is 9.42 Å². The molecule has 0 bridgehead atoms. The second kappa shape index (κ2) is 8.97. The monoisotopic (exact) mass is 433 g/mol. The standard InChI is InChI=1S/C18H23N7O2S2/c1-2-3-14-20-21-18(28)25(14)11-16(26)24-7-5-23(6-8-24)10-15-19-17(22-27-15)13-4-9-29-12-13/h4,9,12H,2-3,5-8,10-11H2,1H3,(H,21,28). The van der Waals surface area contributed by atoms with Crippen molar-refractivity contribution in [2.45, 2.75) is 32.9 Å². The Hall–Kier alpha value is -2.37. The molecule has 9 nitrogen and oxygen atoms in total. The van der Waals surface area contributed by atoms with Crippen LogP contribution in [0.3, 0.4) is 0 Å². The van der Waals surface area contributed by atoms with Gasteiger partial charge in [-0.3, -0.25) is 19.4 Å². The van der Waals surface area contributed by atoms with Crippen LogP contribution in [-0.4, -0.2) is 66.8 Å². The molecule has 0 radical (unpaired) electrons. The van der Waals surface area contributed by atoms with Crippen LogP contribution >= 0.6 is 23.6 Å². The van der Waals surface area contributed by atoms with E-state index in [0.717, 1.165) is 37.3 Å². The van der Waals surface area contributed by atoms with Gasteiger partial charge in [0.1, 0.15) is 12.4 Å². The molecule has 154 valence electrons. The molecule has 3 aromatic rings. The third kappa shape index (κ3) is 4.62. The number of aromatic nitrogens is 5. The minimum absolute atomic E-state index is 0.0667. The molecule has 4 heterocycles. The summed E-state index contributed by atoms with van der Waals surface area (Å²) in [7, 11) is 0. The van der Waals surface area contributed by atoms with E-state index in [1.807, 2.05) is 21.7 Å². The third-order valence-electron chi connectivity index (χ3n) is 4.94. The Bertz CT molecular complexity index is 1000. The second-order valence-electron chi connectivity index (χ2n) is 6.96. The zero-order valence-corrected chi connectivity index (χ0v) is 17.8. The summed E-state index contributed by atoms with van der Waals surface area (Å²) in [5.74, 6) is 2.12. The van der Waals surface area contributed by atoms with Gasteiger partial charge in [0.25, 0.3) is 0 Å². The highest BCUT2D eigenvalue weighted by Gasteiger charge is 2.23. The Morgan fingerprint density at radius 1 is 1.34 bits per heavy atom. The number of amides is 1. The first-order valence-electron chi connectivity index (χ1n) is 9.63. The summed E-state index contributed by atoms with van der Waals surface area (Å²) in [6.07, 6.45) is 1.75. The molecule has 1 fully saturated rings. The molecule has 0 spiro atoms. The molecule has 29 heavy (non-hydrogen) atoms. The zero-order chi connectivity index (χ0) is 20.2. The van der Waals surface area contributed by atoms with E-state index in [4.69, 9.17) is 16.7 Å². The van der Waals surface area contributed by atoms with E-state index in [1.165, 1.54) is 0 Å². The van der Waals surface area contributed by atoms with Crippen LogP contribution in [0.2, 0.25) is 0 Å². The lowest BCUT2D eigenvalue weighted by atomic mass is 10.3. The van der Waals surface area contributed by atoms with Crippen molar-refractivity contribution in [3.63, 3.8) is 0 Å². The maximum absolute atomic E-state index is 12.7. The SMILES string of the molecule is CCCc1n[nH]c(=S)n1CC(=O)N1CCN(Cc2nc(-c3ccsc3)no2)CC1. The highest BCUT2D eigenvalue weighted by molar-refractivity contribution is 7.71. The van der Waals surface area contributed by atoms with Gasteiger partial charge in [0.05, 0.1) is 6.54 Å². The van der Waals surface area contributed by atoms with Gasteiger partial charge in [0.15, 0.2) is 4.77 Å². The Balaban J connectivity index is 1.30. The summed E-state index contributed by atoms with van der Waals surface area (Å²) in [6, 6.07) is 1.97. The van der Waals surface area contributed by atoms with Crippen molar-refractivity contribution < 1.29 is 9.32 Å². The van der Waals surface area contributed by atoms with Gasteiger partial charge >= 0.3 is 0 Å². The first-order valence-corrected chi connectivity index (χ1v) is 11.0. The molecule has 1 amide bonds. The van der Waals surface area contributed by atoms with E-state index in [9.17, 15) is 4.79 Å². The first kappa shape index (κ1) is 19.9. The molecule has 3 aromatic heterocycles. The second-order valence-corrected chi connectivity index (χ2v) is 8.13. The van der Waals surface area contributed by atoms with Crippen molar-refractivity contribution >= 4 is 29.5 Å². The number of H-pyrrole nitrogens is 1. The van der Waals surface area contributed by atoms with Gasteiger partial charge in [-0.2, -0.15) is 21.4 Å². The molecule has 0 aromatic carbocycles. The predicted octanol–water partition coefficient (Wildman–Crippen LogP) is 2.35. The van der Waals surface area contributed by atoms with Crippen molar-refractivity contribution in [1.82, 2.24) is 34.7 Å². The molecule has 1 N–H and O–H groups in total. The molecular weight excluding hydrogens is 410 g/mol. The van der Waals surface area contributed by atoms with E-state index < -0.39 is 0 Å². The smallest absolute Gasteiger partial charge is 0.242 e. The Kier molecular flexibility index (Phi) is 6.16. The number of carbonyl (C=O) groups is 1. The largest absolute Gasteiger partial charge is 0.339 e. The molecule has 0 unspecified atom stereocenters. The number of thiophene rings is 1. The summed E-state index contributed by atoms with van der Waals surface area (Å²) in [4.78, 5) is 21.3. The minimum atomic E-state index is 0.0667. The van der Waals surface area contributed by atoms with Crippen molar-refractivity contribution in [2.24, 2.45) is 0 Å². The summed E-state index contributed by atoms with van der Waals surface area (Å²) in [6.45, 7) is 5.76. The number of piperazine rings is 1. The van der Waals surface area contributed by atoms with Gasteiger partial charge in [0, 0.05) is 43.5 Å². The van der Waals surface area contributed by atoms with Crippen molar-refractivity contribution in [2.75, 3.05) is 26.2 Å². The number of nitrogens with zero attached hydrogens (tertiary/aromatic N) is 6. The fourth-order valence-corrected chi connectivity index (χ4v) is 4.19. The molecule has 1 aliphatic rings. The number of carbonyl (C=O) groups excluding carboxylic acids is 1. The minimum Gasteiger partial charge on any atom is -0.339 e. The Morgan fingerprint density at radius 2 is 2.17 bits per heavy atom. The van der Waals surface area contributed by atoms with E-state index in [0.29, 0.717) is 36.1 Å². The van der Waals surface area contributed by atoms with Crippen LogP contribution in [-0.2, 0) is 24.3 Å². The van der Waals surface area contributed by atoms with Gasteiger partial charge in [0.2, 0.25) is 17.6 Å². The normalized spacial score (nSPS) is 15.1. The fourth-order valence-electron chi connectivity index (χ4n) is 3.34. The summed E-state index contributed by atoms with van der Waals surface area (Å²) >= 11 is 6.88. The average molecular weight is 434 g/mol. The molecule has 11 heteroatoms. The topological polar surface area (TPSA) is 96.1 Å². The summed E-state index contributed by atoms with van der Waals surface area (Å²) < 4.78 is 7.68. The number of nitrogens with one attached hydrogen (secondary N) is 1. The number of hydrogen-bond acceptors (Lipinski definition) is 8. The molecule has 0 aliphatic carbocycles. The van der Waals surface area contributed by atoms with Crippen molar-refractivity contribution in [1.29, 1.82) is 0 Å². The van der Waals surface area contributed by atoms with Gasteiger partial charge in [-0.25, -0.2) is 0 Å². The van der Waals surface area contributed by atoms with Gasteiger partial charge in [-0.1, -0.05) is 12.1 Å². The Morgan fingerprint density at radius 3 is 2.90 bits per heavy atom. The van der Waals surface area contributed by atoms with E-state index in [-0.39, 0.29) is 12.5 Å². The molecule has 1 aliphatic heterocycles. The van der Waals surface area contributed by atoms with Gasteiger partial charge in [-0.15, -0.1) is 0 Å². The van der Waals surface area contributed by atoms with Gasteiger partial charge in [-0.05, 0) is 30.1 Å². The van der Waals surface area contributed by atoms with Crippen LogP contribution in [0.5, 0.6) is 0 Å². The first-order chi connectivity index (χ1) is 14.1.